The molecule has 0 bridgehead atoms. The highest BCUT2D eigenvalue weighted by atomic mass is 16.4. The molecule has 0 aliphatic rings. The van der Waals surface area contributed by atoms with Gasteiger partial charge in [0.25, 0.3) is 0 Å². The Morgan fingerprint density at radius 1 is 0.793 bits per heavy atom. The summed E-state index contributed by atoms with van der Waals surface area (Å²) in [4.78, 5) is 11.6. The summed E-state index contributed by atoms with van der Waals surface area (Å²) in [5.74, 6) is -0.925. The maximum atomic E-state index is 11.6. The fourth-order valence-corrected chi connectivity index (χ4v) is 4.08. The van der Waals surface area contributed by atoms with Gasteiger partial charge in [0.15, 0.2) is 0 Å². The summed E-state index contributed by atoms with van der Waals surface area (Å²) in [7, 11) is 0. The van der Waals surface area contributed by atoms with Crippen molar-refractivity contribution in [3.05, 3.63) is 102 Å². The molecule has 1 heterocycles. The number of carbonyl (C=O) groups is 1. The van der Waals surface area contributed by atoms with E-state index in [1.54, 1.807) is 18.2 Å². The Hall–Kier alpha value is -3.85. The fourth-order valence-electron chi connectivity index (χ4n) is 4.08. The quantitative estimate of drug-likeness (QED) is 0.392. The number of aryl methyl sites for hydroxylation is 1. The molecule has 0 amide bonds. The van der Waals surface area contributed by atoms with Crippen LogP contribution in [-0.4, -0.2) is 15.6 Å². The number of benzene rings is 4. The largest absolute Gasteiger partial charge is 0.478 e. The topological polar surface area (TPSA) is 42.2 Å². The zero-order chi connectivity index (χ0) is 20.0. The molecule has 0 unspecified atom stereocenters. The lowest BCUT2D eigenvalue weighted by Gasteiger charge is -2.13. The summed E-state index contributed by atoms with van der Waals surface area (Å²) in [6.45, 7) is 2.10. The van der Waals surface area contributed by atoms with Crippen molar-refractivity contribution in [2.75, 3.05) is 0 Å². The Balaban J connectivity index is 1.91. The molecule has 0 spiro atoms. The second kappa shape index (κ2) is 6.64. The second-order valence-electron chi connectivity index (χ2n) is 7.25. The minimum atomic E-state index is -0.925. The summed E-state index contributed by atoms with van der Waals surface area (Å²) in [5.41, 5.74) is 5.54. The Kier molecular flexibility index (Phi) is 3.95. The molecule has 0 fully saturated rings. The molecule has 3 nitrogen and oxygen atoms in total. The van der Waals surface area contributed by atoms with Crippen LogP contribution in [0.15, 0.2) is 91.0 Å². The standard InChI is InChI=1S/C26H19NO2/c1-17-7-2-4-11-21(17)25-16-23-22-12-5-3-8-18(22)13-14-24(23)27(25)20-10-6-9-19(15-20)26(28)29/h2-16H,1H3,(H,28,29). The van der Waals surface area contributed by atoms with Crippen molar-refractivity contribution in [3.63, 3.8) is 0 Å². The summed E-state index contributed by atoms with van der Waals surface area (Å²) in [6, 6.07) is 30.2. The van der Waals surface area contributed by atoms with E-state index < -0.39 is 5.97 Å². The highest BCUT2D eigenvalue weighted by molar-refractivity contribution is 6.09. The lowest BCUT2D eigenvalue weighted by Crippen LogP contribution is -2.01. The van der Waals surface area contributed by atoms with Gasteiger partial charge in [0.1, 0.15) is 0 Å². The molecule has 1 aromatic heterocycles. The summed E-state index contributed by atoms with van der Waals surface area (Å²) in [6.07, 6.45) is 0. The SMILES string of the molecule is Cc1ccccc1-c1cc2c3ccccc3ccc2n1-c1cccc(C(=O)O)c1. The lowest BCUT2D eigenvalue weighted by molar-refractivity contribution is 0.0697. The highest BCUT2D eigenvalue weighted by Gasteiger charge is 2.16. The van der Waals surface area contributed by atoms with Gasteiger partial charge in [-0.3, -0.25) is 0 Å². The molecule has 5 aromatic rings. The number of hydrogen-bond acceptors (Lipinski definition) is 1. The van der Waals surface area contributed by atoms with Crippen LogP contribution in [0.2, 0.25) is 0 Å². The van der Waals surface area contributed by atoms with Crippen LogP contribution in [0, 0.1) is 6.92 Å². The third-order valence-electron chi connectivity index (χ3n) is 5.48. The zero-order valence-electron chi connectivity index (χ0n) is 16.0. The molecule has 0 radical (unpaired) electrons. The first-order valence-corrected chi connectivity index (χ1v) is 9.56. The molecule has 29 heavy (non-hydrogen) atoms. The third kappa shape index (κ3) is 2.79. The van der Waals surface area contributed by atoms with Crippen LogP contribution in [0.1, 0.15) is 15.9 Å². The van der Waals surface area contributed by atoms with Crippen LogP contribution >= 0.6 is 0 Å². The monoisotopic (exact) mass is 377 g/mol. The number of hydrogen-bond donors (Lipinski definition) is 1. The molecular formula is C26H19NO2. The van der Waals surface area contributed by atoms with Crippen molar-refractivity contribution in [2.45, 2.75) is 6.92 Å². The molecular weight excluding hydrogens is 358 g/mol. The number of carboxylic acids is 1. The zero-order valence-corrected chi connectivity index (χ0v) is 16.0. The first kappa shape index (κ1) is 17.3. The summed E-state index contributed by atoms with van der Waals surface area (Å²) >= 11 is 0. The molecule has 5 rings (SSSR count). The molecule has 0 aliphatic carbocycles. The molecule has 0 saturated carbocycles. The molecule has 140 valence electrons. The van der Waals surface area contributed by atoms with Gasteiger partial charge in [-0.15, -0.1) is 0 Å². The normalized spacial score (nSPS) is 11.2. The van der Waals surface area contributed by atoms with Gasteiger partial charge in [-0.25, -0.2) is 4.79 Å². The van der Waals surface area contributed by atoms with E-state index in [0.717, 1.165) is 27.8 Å². The number of fused-ring (bicyclic) bond motifs is 3. The third-order valence-corrected chi connectivity index (χ3v) is 5.48. The molecule has 0 atom stereocenters. The minimum Gasteiger partial charge on any atom is -0.478 e. The van der Waals surface area contributed by atoms with E-state index >= 15 is 0 Å². The van der Waals surface area contributed by atoms with Gasteiger partial charge in [0.2, 0.25) is 0 Å². The van der Waals surface area contributed by atoms with E-state index in [2.05, 4.69) is 60.0 Å². The summed E-state index contributed by atoms with van der Waals surface area (Å²) < 4.78 is 2.16. The van der Waals surface area contributed by atoms with Crippen LogP contribution in [0.25, 0.3) is 38.6 Å². The Morgan fingerprint density at radius 3 is 2.41 bits per heavy atom. The van der Waals surface area contributed by atoms with E-state index in [1.165, 1.54) is 16.3 Å². The van der Waals surface area contributed by atoms with Gasteiger partial charge in [0.05, 0.1) is 16.8 Å². The van der Waals surface area contributed by atoms with Crippen LogP contribution < -0.4 is 0 Å². The second-order valence-corrected chi connectivity index (χ2v) is 7.25. The van der Waals surface area contributed by atoms with Crippen molar-refractivity contribution >= 4 is 27.6 Å². The maximum absolute atomic E-state index is 11.6. The van der Waals surface area contributed by atoms with Crippen molar-refractivity contribution in [3.8, 4) is 16.9 Å². The van der Waals surface area contributed by atoms with E-state index in [-0.39, 0.29) is 5.56 Å². The molecule has 0 aliphatic heterocycles. The number of aromatic nitrogens is 1. The first-order chi connectivity index (χ1) is 14.1. The molecule has 1 N–H and O–H groups in total. The van der Waals surface area contributed by atoms with Gasteiger partial charge < -0.3 is 9.67 Å². The number of aromatic carboxylic acids is 1. The average molecular weight is 377 g/mol. The fraction of sp³-hybridized carbons (Fsp3) is 0.0385. The summed E-state index contributed by atoms with van der Waals surface area (Å²) in [5, 5.41) is 13.0. The van der Waals surface area contributed by atoms with Gasteiger partial charge >= 0.3 is 5.97 Å². The Labute approximate surface area is 168 Å². The molecule has 0 saturated heterocycles. The van der Waals surface area contributed by atoms with Crippen LogP contribution in [0.5, 0.6) is 0 Å². The Morgan fingerprint density at radius 2 is 1.59 bits per heavy atom. The molecule has 3 heteroatoms. The number of nitrogens with zero attached hydrogens (tertiary/aromatic N) is 1. The van der Waals surface area contributed by atoms with Crippen molar-refractivity contribution < 1.29 is 9.90 Å². The highest BCUT2D eigenvalue weighted by Crippen LogP contribution is 2.36. The Bertz CT molecular complexity index is 1390. The van der Waals surface area contributed by atoms with Gasteiger partial charge in [0, 0.05) is 16.6 Å². The van der Waals surface area contributed by atoms with Gasteiger partial charge in [-0.2, -0.15) is 0 Å². The number of rotatable bonds is 3. The van der Waals surface area contributed by atoms with Crippen LogP contribution in [0.3, 0.4) is 0 Å². The van der Waals surface area contributed by atoms with E-state index in [0.29, 0.717) is 0 Å². The molecule has 4 aromatic carbocycles. The lowest BCUT2D eigenvalue weighted by atomic mass is 10.0. The predicted octanol–water partition coefficient (Wildman–Crippen LogP) is 6.46. The number of carboxylic acid groups (broad SMARTS) is 1. The van der Waals surface area contributed by atoms with E-state index in [4.69, 9.17) is 0 Å². The minimum absolute atomic E-state index is 0.279. The van der Waals surface area contributed by atoms with Crippen LogP contribution in [0.4, 0.5) is 0 Å². The predicted molar refractivity (Wildman–Crippen MR) is 118 cm³/mol. The van der Waals surface area contributed by atoms with Crippen molar-refractivity contribution in [1.29, 1.82) is 0 Å². The van der Waals surface area contributed by atoms with Crippen molar-refractivity contribution in [1.82, 2.24) is 4.57 Å². The average Bonchev–Trinajstić information content (AvgIpc) is 3.14. The van der Waals surface area contributed by atoms with E-state index in [9.17, 15) is 9.90 Å². The maximum Gasteiger partial charge on any atom is 0.335 e. The van der Waals surface area contributed by atoms with Crippen molar-refractivity contribution in [2.24, 2.45) is 0 Å². The van der Waals surface area contributed by atoms with Gasteiger partial charge in [-0.1, -0.05) is 60.7 Å². The van der Waals surface area contributed by atoms with Gasteiger partial charge in [-0.05, 0) is 53.6 Å². The van der Waals surface area contributed by atoms with E-state index in [1.807, 2.05) is 24.3 Å². The van der Waals surface area contributed by atoms with Crippen LogP contribution in [-0.2, 0) is 0 Å². The first-order valence-electron chi connectivity index (χ1n) is 9.56. The smallest absolute Gasteiger partial charge is 0.335 e.